The third-order valence-corrected chi connectivity index (χ3v) is 7.07. The van der Waals surface area contributed by atoms with Crippen molar-refractivity contribution in [3.8, 4) is 5.75 Å². The first kappa shape index (κ1) is 20.4. The van der Waals surface area contributed by atoms with Crippen LogP contribution in [0.15, 0.2) is 47.4 Å². The Kier molecular flexibility index (Phi) is 6.05. The molecule has 0 aliphatic carbocycles. The number of aryl methyl sites for hydroxylation is 1. The van der Waals surface area contributed by atoms with E-state index in [1.807, 2.05) is 31.2 Å². The normalized spacial score (nSPS) is 14.4. The van der Waals surface area contributed by atoms with Crippen LogP contribution < -0.4 is 4.74 Å². The molecule has 0 saturated carbocycles. The number of carbonyl (C=O) groups excluding carboxylic acids is 1. The fraction of sp³-hybridized carbons (Fsp3) is 0.381. The van der Waals surface area contributed by atoms with Crippen LogP contribution in [0.2, 0.25) is 0 Å². The highest BCUT2D eigenvalue weighted by Crippen LogP contribution is 2.25. The third kappa shape index (κ3) is 3.91. The minimum absolute atomic E-state index is 0.150. The van der Waals surface area contributed by atoms with Crippen LogP contribution in [0.25, 0.3) is 0 Å². The Morgan fingerprint density at radius 3 is 2.57 bits per heavy atom. The lowest BCUT2D eigenvalue weighted by Crippen LogP contribution is -2.34. The summed E-state index contributed by atoms with van der Waals surface area (Å²) in [6.07, 6.45) is 0. The summed E-state index contributed by atoms with van der Waals surface area (Å²) in [6.45, 7) is 7.47. The number of fused-ring (bicyclic) bond motifs is 1. The van der Waals surface area contributed by atoms with E-state index in [2.05, 4.69) is 0 Å². The molecule has 0 N–H and O–H groups in total. The predicted octanol–water partition coefficient (Wildman–Crippen LogP) is 3.06. The van der Waals surface area contributed by atoms with Gasteiger partial charge < -0.3 is 9.64 Å². The SMILES string of the molecule is CCN(CC)S(=O)(=O)c1ccc(C)c(C(=O)N2CCOc3ccccc3C2)c1. The number of sulfonamides is 1. The number of para-hydroxylation sites is 1. The largest absolute Gasteiger partial charge is 0.491 e. The van der Waals surface area contributed by atoms with Crippen molar-refractivity contribution in [2.75, 3.05) is 26.2 Å². The van der Waals surface area contributed by atoms with Gasteiger partial charge in [-0.3, -0.25) is 4.79 Å². The molecule has 0 bridgehead atoms. The van der Waals surface area contributed by atoms with E-state index in [0.29, 0.717) is 38.3 Å². The van der Waals surface area contributed by atoms with Gasteiger partial charge in [0.15, 0.2) is 0 Å². The van der Waals surface area contributed by atoms with Crippen LogP contribution in [0.3, 0.4) is 0 Å². The van der Waals surface area contributed by atoms with Gasteiger partial charge in [-0.2, -0.15) is 4.31 Å². The number of amides is 1. The van der Waals surface area contributed by atoms with Crippen LogP contribution in [-0.2, 0) is 16.6 Å². The van der Waals surface area contributed by atoms with Crippen molar-refractivity contribution < 1.29 is 17.9 Å². The first-order valence-corrected chi connectivity index (χ1v) is 10.9. The van der Waals surface area contributed by atoms with Crippen LogP contribution >= 0.6 is 0 Å². The molecule has 0 aromatic heterocycles. The standard InChI is InChI=1S/C21H26N2O4S/c1-4-23(5-2)28(25,26)18-11-10-16(3)19(14-18)21(24)22-12-13-27-20-9-7-6-8-17(20)15-22/h6-11,14H,4-5,12-13,15H2,1-3H3. The number of hydrogen-bond acceptors (Lipinski definition) is 4. The minimum atomic E-state index is -3.62. The molecule has 1 aliphatic heterocycles. The van der Waals surface area contributed by atoms with E-state index in [4.69, 9.17) is 4.74 Å². The fourth-order valence-electron chi connectivity index (χ4n) is 3.37. The van der Waals surface area contributed by atoms with Gasteiger partial charge in [0, 0.05) is 30.8 Å². The summed E-state index contributed by atoms with van der Waals surface area (Å²) in [5.41, 5.74) is 2.10. The van der Waals surface area contributed by atoms with Gasteiger partial charge in [-0.15, -0.1) is 0 Å². The van der Waals surface area contributed by atoms with Crippen molar-refractivity contribution in [1.82, 2.24) is 9.21 Å². The van der Waals surface area contributed by atoms with Crippen LogP contribution in [0.4, 0.5) is 0 Å². The second-order valence-corrected chi connectivity index (χ2v) is 8.69. The lowest BCUT2D eigenvalue weighted by Gasteiger charge is -2.22. The van der Waals surface area contributed by atoms with Gasteiger partial charge in [-0.05, 0) is 30.7 Å². The van der Waals surface area contributed by atoms with Crippen LogP contribution in [0, 0.1) is 6.92 Å². The quantitative estimate of drug-likeness (QED) is 0.771. The molecule has 3 rings (SSSR count). The number of carbonyl (C=O) groups is 1. The molecule has 0 radical (unpaired) electrons. The van der Waals surface area contributed by atoms with E-state index in [-0.39, 0.29) is 10.8 Å². The molecule has 1 aliphatic rings. The second kappa shape index (κ2) is 8.32. The van der Waals surface area contributed by atoms with E-state index in [0.717, 1.165) is 16.9 Å². The minimum Gasteiger partial charge on any atom is -0.491 e. The third-order valence-electron chi connectivity index (χ3n) is 5.02. The number of nitrogens with zero attached hydrogens (tertiary/aromatic N) is 2. The van der Waals surface area contributed by atoms with Crippen LogP contribution in [0.1, 0.15) is 35.3 Å². The topological polar surface area (TPSA) is 66.9 Å². The Hall–Kier alpha value is -2.38. The maximum absolute atomic E-state index is 13.2. The zero-order valence-electron chi connectivity index (χ0n) is 16.5. The molecule has 7 heteroatoms. The van der Waals surface area contributed by atoms with Gasteiger partial charge in [0.2, 0.25) is 10.0 Å². The molecule has 28 heavy (non-hydrogen) atoms. The summed E-state index contributed by atoms with van der Waals surface area (Å²) in [7, 11) is -3.62. The highest BCUT2D eigenvalue weighted by molar-refractivity contribution is 7.89. The number of ether oxygens (including phenoxy) is 1. The Morgan fingerprint density at radius 1 is 1.14 bits per heavy atom. The number of hydrogen-bond donors (Lipinski definition) is 0. The Labute approximate surface area is 166 Å². The summed E-state index contributed by atoms with van der Waals surface area (Å²) in [4.78, 5) is 15.1. The molecule has 2 aromatic rings. The van der Waals surface area contributed by atoms with E-state index in [9.17, 15) is 13.2 Å². The molecule has 150 valence electrons. The van der Waals surface area contributed by atoms with Crippen molar-refractivity contribution in [2.45, 2.75) is 32.2 Å². The summed E-state index contributed by atoms with van der Waals surface area (Å²) >= 11 is 0. The molecule has 0 atom stereocenters. The van der Waals surface area contributed by atoms with E-state index >= 15 is 0 Å². The van der Waals surface area contributed by atoms with Crippen molar-refractivity contribution in [3.05, 3.63) is 59.2 Å². The maximum atomic E-state index is 13.2. The molecule has 0 saturated heterocycles. The van der Waals surface area contributed by atoms with Gasteiger partial charge in [0.05, 0.1) is 11.4 Å². The number of benzene rings is 2. The molecular formula is C21H26N2O4S. The van der Waals surface area contributed by atoms with Crippen molar-refractivity contribution in [2.24, 2.45) is 0 Å². The Balaban J connectivity index is 1.94. The molecule has 1 amide bonds. The first-order chi connectivity index (χ1) is 13.4. The van der Waals surface area contributed by atoms with Gasteiger partial charge in [-0.1, -0.05) is 38.1 Å². The van der Waals surface area contributed by atoms with Gasteiger partial charge in [0.25, 0.3) is 5.91 Å². The van der Waals surface area contributed by atoms with Crippen molar-refractivity contribution in [3.63, 3.8) is 0 Å². The molecule has 2 aromatic carbocycles. The van der Waals surface area contributed by atoms with Gasteiger partial charge in [0.1, 0.15) is 12.4 Å². The molecule has 0 unspecified atom stereocenters. The molecule has 6 nitrogen and oxygen atoms in total. The number of rotatable bonds is 5. The summed E-state index contributed by atoms with van der Waals surface area (Å²) < 4.78 is 32.8. The lowest BCUT2D eigenvalue weighted by atomic mass is 10.1. The van der Waals surface area contributed by atoms with Crippen molar-refractivity contribution in [1.29, 1.82) is 0 Å². The first-order valence-electron chi connectivity index (χ1n) is 9.49. The van der Waals surface area contributed by atoms with E-state index in [1.165, 1.54) is 10.4 Å². The molecule has 0 spiro atoms. The Bertz CT molecular complexity index is 968. The van der Waals surface area contributed by atoms with Gasteiger partial charge in [-0.25, -0.2) is 8.42 Å². The van der Waals surface area contributed by atoms with Crippen LogP contribution in [-0.4, -0.2) is 49.8 Å². The van der Waals surface area contributed by atoms with E-state index < -0.39 is 10.0 Å². The average Bonchev–Trinajstić information content (AvgIpc) is 2.91. The summed E-state index contributed by atoms with van der Waals surface area (Å²) in [6, 6.07) is 12.4. The predicted molar refractivity (Wildman–Crippen MR) is 108 cm³/mol. The lowest BCUT2D eigenvalue weighted by molar-refractivity contribution is 0.0732. The second-order valence-electron chi connectivity index (χ2n) is 6.75. The van der Waals surface area contributed by atoms with Gasteiger partial charge >= 0.3 is 0 Å². The Morgan fingerprint density at radius 2 is 1.86 bits per heavy atom. The monoisotopic (exact) mass is 402 g/mol. The summed E-state index contributed by atoms with van der Waals surface area (Å²) in [5.74, 6) is 0.599. The zero-order valence-corrected chi connectivity index (χ0v) is 17.3. The highest BCUT2D eigenvalue weighted by Gasteiger charge is 2.26. The average molecular weight is 403 g/mol. The molecular weight excluding hydrogens is 376 g/mol. The zero-order chi connectivity index (χ0) is 20.3. The fourth-order valence-corrected chi connectivity index (χ4v) is 4.86. The van der Waals surface area contributed by atoms with Crippen molar-refractivity contribution >= 4 is 15.9 Å². The smallest absolute Gasteiger partial charge is 0.254 e. The summed E-state index contributed by atoms with van der Waals surface area (Å²) in [5, 5.41) is 0. The molecule has 0 fully saturated rings. The van der Waals surface area contributed by atoms with Crippen LogP contribution in [0.5, 0.6) is 5.75 Å². The molecule has 1 heterocycles. The highest BCUT2D eigenvalue weighted by atomic mass is 32.2. The van der Waals surface area contributed by atoms with E-state index in [1.54, 1.807) is 30.9 Å². The maximum Gasteiger partial charge on any atom is 0.254 e.